The first-order valence-electron chi connectivity index (χ1n) is 21.0. The highest BCUT2D eigenvalue weighted by Crippen LogP contribution is 2.40. The predicted octanol–water partition coefficient (Wildman–Crippen LogP) is 14.2. The normalized spacial score (nSPS) is 14.0. The zero-order valence-corrected chi connectivity index (χ0v) is 33.6. The van der Waals surface area contributed by atoms with E-state index >= 15 is 0 Å². The van der Waals surface area contributed by atoms with Gasteiger partial charge in [0.1, 0.15) is 23.2 Å². The lowest BCUT2D eigenvalue weighted by molar-refractivity contribution is 0.666. The molecule has 0 saturated heterocycles. The van der Waals surface area contributed by atoms with E-state index < -0.39 is 0 Å². The lowest BCUT2D eigenvalue weighted by Crippen LogP contribution is -2.33. The van der Waals surface area contributed by atoms with Crippen molar-refractivity contribution in [1.29, 1.82) is 0 Å². The van der Waals surface area contributed by atoms with Crippen molar-refractivity contribution in [2.45, 2.75) is 6.17 Å². The maximum absolute atomic E-state index is 6.73. The highest BCUT2D eigenvalue weighted by Gasteiger charge is 2.23. The van der Waals surface area contributed by atoms with Gasteiger partial charge < -0.3 is 14.3 Å². The smallest absolute Gasteiger partial charge is 0.159 e. The molecule has 1 aliphatic rings. The zero-order valence-electron chi connectivity index (χ0n) is 33.6. The van der Waals surface area contributed by atoms with Crippen LogP contribution < -0.4 is 5.32 Å². The van der Waals surface area contributed by atoms with E-state index in [0.29, 0.717) is 5.84 Å². The van der Waals surface area contributed by atoms with E-state index in [1.165, 1.54) is 33.0 Å². The van der Waals surface area contributed by atoms with Crippen LogP contribution in [-0.4, -0.2) is 16.2 Å². The predicted molar refractivity (Wildman–Crippen MR) is 256 cm³/mol. The molecule has 3 heterocycles. The van der Waals surface area contributed by atoms with E-state index in [4.69, 9.17) is 14.4 Å². The molecular formula is C57H38N4O. The molecule has 0 amide bonds. The molecule has 292 valence electrons. The topological polar surface area (TPSA) is 54.8 Å². The van der Waals surface area contributed by atoms with Gasteiger partial charge in [-0.15, -0.1) is 0 Å². The molecule has 0 spiro atoms. The third-order valence-corrected chi connectivity index (χ3v) is 12.1. The second-order valence-corrected chi connectivity index (χ2v) is 15.8. The number of para-hydroxylation sites is 1. The van der Waals surface area contributed by atoms with E-state index in [9.17, 15) is 0 Å². The molecule has 0 saturated carbocycles. The summed E-state index contributed by atoms with van der Waals surface area (Å²) in [6.45, 7) is 0. The number of aliphatic imine (C=N–C) groups is 2. The first-order valence-corrected chi connectivity index (χ1v) is 21.0. The van der Waals surface area contributed by atoms with Crippen molar-refractivity contribution < 1.29 is 4.42 Å². The van der Waals surface area contributed by atoms with E-state index in [1.807, 2.05) is 12.1 Å². The molecule has 5 heteroatoms. The van der Waals surface area contributed by atoms with E-state index in [2.05, 4.69) is 216 Å². The van der Waals surface area contributed by atoms with Gasteiger partial charge >= 0.3 is 0 Å². The van der Waals surface area contributed by atoms with Crippen molar-refractivity contribution in [3.05, 3.63) is 235 Å². The van der Waals surface area contributed by atoms with Crippen LogP contribution in [-0.2, 0) is 0 Å². The third-order valence-electron chi connectivity index (χ3n) is 12.1. The van der Waals surface area contributed by atoms with Gasteiger partial charge in [0.25, 0.3) is 0 Å². The molecule has 0 aliphatic carbocycles. The Morgan fingerprint density at radius 2 is 0.968 bits per heavy atom. The lowest BCUT2D eigenvalue weighted by Gasteiger charge is -2.24. The van der Waals surface area contributed by atoms with Crippen LogP contribution >= 0.6 is 0 Å². The number of nitrogens with one attached hydrogen (secondary N) is 1. The number of hydrogen-bond acceptors (Lipinski definition) is 4. The van der Waals surface area contributed by atoms with E-state index in [-0.39, 0.29) is 6.17 Å². The Balaban J connectivity index is 0.957. The highest BCUT2D eigenvalue weighted by atomic mass is 16.3. The van der Waals surface area contributed by atoms with Gasteiger partial charge in [-0.2, -0.15) is 0 Å². The van der Waals surface area contributed by atoms with Crippen molar-refractivity contribution in [2.24, 2.45) is 9.98 Å². The Labute approximate surface area is 358 Å². The van der Waals surface area contributed by atoms with Crippen LogP contribution in [0.2, 0.25) is 0 Å². The quantitative estimate of drug-likeness (QED) is 0.175. The maximum Gasteiger partial charge on any atom is 0.159 e. The van der Waals surface area contributed by atoms with Crippen LogP contribution in [0.4, 0.5) is 0 Å². The minimum Gasteiger partial charge on any atom is -0.456 e. The number of hydrogen-bond donors (Lipinski definition) is 1. The fraction of sp³-hybridized carbons (Fsp3) is 0.0175. The summed E-state index contributed by atoms with van der Waals surface area (Å²) in [6, 6.07) is 76.9. The SMILES string of the molecule is c1ccc(-c2ccc(C3=NC(c4ccc(-c5ccccc5)cc4)NC(c4ccc5c(c4)oc4cccc(-n6c7ccccc7c7cc(-c8ccccc8)ccc76)c45)=N3)cc2)cc1. The van der Waals surface area contributed by atoms with E-state index in [0.717, 1.165) is 72.3 Å². The van der Waals surface area contributed by atoms with Crippen molar-refractivity contribution in [2.75, 3.05) is 0 Å². The van der Waals surface area contributed by atoms with Gasteiger partial charge in [0.2, 0.25) is 0 Å². The second-order valence-electron chi connectivity index (χ2n) is 15.8. The van der Waals surface area contributed by atoms with Gasteiger partial charge in [0.05, 0.1) is 22.1 Å². The largest absolute Gasteiger partial charge is 0.456 e. The Morgan fingerprint density at radius 1 is 0.403 bits per heavy atom. The number of benzene rings is 9. The number of amidine groups is 2. The minimum atomic E-state index is -0.355. The number of fused-ring (bicyclic) bond motifs is 6. The van der Waals surface area contributed by atoms with Gasteiger partial charge in [-0.3, -0.25) is 0 Å². The van der Waals surface area contributed by atoms with Crippen molar-refractivity contribution in [1.82, 2.24) is 9.88 Å². The summed E-state index contributed by atoms with van der Waals surface area (Å²) >= 11 is 0. The van der Waals surface area contributed by atoms with Crippen LogP contribution in [0.25, 0.3) is 82.8 Å². The summed E-state index contributed by atoms with van der Waals surface area (Å²) in [7, 11) is 0. The van der Waals surface area contributed by atoms with E-state index in [1.54, 1.807) is 0 Å². The summed E-state index contributed by atoms with van der Waals surface area (Å²) in [5, 5.41) is 8.23. The van der Waals surface area contributed by atoms with Crippen molar-refractivity contribution >= 4 is 55.4 Å². The lowest BCUT2D eigenvalue weighted by atomic mass is 10.0. The van der Waals surface area contributed by atoms with Gasteiger partial charge in [0, 0.05) is 27.3 Å². The molecule has 0 radical (unpaired) electrons. The second kappa shape index (κ2) is 14.8. The first kappa shape index (κ1) is 35.6. The molecule has 2 aromatic heterocycles. The Hall–Kier alpha value is -8.28. The van der Waals surface area contributed by atoms with Gasteiger partial charge in [-0.1, -0.05) is 176 Å². The van der Waals surface area contributed by atoms with Crippen LogP contribution in [0.5, 0.6) is 0 Å². The van der Waals surface area contributed by atoms with Gasteiger partial charge in [-0.25, -0.2) is 9.98 Å². The molecule has 12 rings (SSSR count). The summed E-state index contributed by atoms with van der Waals surface area (Å²) in [5.41, 5.74) is 15.0. The number of aromatic nitrogens is 1. The van der Waals surface area contributed by atoms with Gasteiger partial charge in [-0.05, 0) is 81.4 Å². The summed E-state index contributed by atoms with van der Waals surface area (Å²) in [4.78, 5) is 10.4. The Bertz CT molecular complexity index is 3510. The first-order chi connectivity index (χ1) is 30.7. The average molecular weight is 795 g/mol. The molecule has 1 N–H and O–H groups in total. The molecule has 0 fully saturated rings. The zero-order chi connectivity index (χ0) is 41.0. The molecular weight excluding hydrogens is 757 g/mol. The summed E-state index contributed by atoms with van der Waals surface area (Å²) < 4.78 is 9.12. The van der Waals surface area contributed by atoms with Crippen molar-refractivity contribution in [3.8, 4) is 39.1 Å². The molecule has 1 aliphatic heterocycles. The average Bonchev–Trinajstić information content (AvgIpc) is 3.90. The Kier molecular flexibility index (Phi) is 8.49. The standard InChI is InChI=1S/C57H38N4O/c1-4-13-37(14-5-1)40-23-27-42(28-24-40)55-58-56(43-29-25-41(26-30-43)38-15-6-2-7-16-38)60-57(59-55)45-31-33-47-53(36-45)62-52-22-12-21-51(54(47)52)61-49-20-11-10-19-46(49)48-35-44(32-34-50(48)61)39-17-8-3-9-18-39/h1-36,55H,(H,58,59,60). The number of furan rings is 1. The number of rotatable bonds is 7. The van der Waals surface area contributed by atoms with Crippen LogP contribution in [0.1, 0.15) is 22.9 Å². The maximum atomic E-state index is 6.73. The Morgan fingerprint density at radius 3 is 1.68 bits per heavy atom. The monoisotopic (exact) mass is 794 g/mol. The number of nitrogens with zero attached hydrogens (tertiary/aromatic N) is 3. The molecule has 1 unspecified atom stereocenters. The van der Waals surface area contributed by atoms with Crippen molar-refractivity contribution in [3.63, 3.8) is 0 Å². The van der Waals surface area contributed by atoms with Crippen LogP contribution in [0, 0.1) is 0 Å². The molecule has 0 bridgehead atoms. The summed E-state index contributed by atoms with van der Waals surface area (Å²) in [6.07, 6.45) is -0.355. The van der Waals surface area contributed by atoms with Gasteiger partial charge in [0.15, 0.2) is 5.84 Å². The molecule has 9 aromatic carbocycles. The fourth-order valence-corrected chi connectivity index (χ4v) is 9.01. The molecule has 5 nitrogen and oxygen atoms in total. The van der Waals surface area contributed by atoms with Crippen LogP contribution in [0.3, 0.4) is 0 Å². The molecule has 62 heavy (non-hydrogen) atoms. The minimum absolute atomic E-state index is 0.355. The van der Waals surface area contributed by atoms with Crippen LogP contribution in [0.15, 0.2) is 233 Å². The highest BCUT2D eigenvalue weighted by molar-refractivity contribution is 6.17. The fourth-order valence-electron chi connectivity index (χ4n) is 9.01. The molecule has 11 aromatic rings. The molecule has 1 atom stereocenters. The summed E-state index contributed by atoms with van der Waals surface area (Å²) in [5.74, 6) is 1.41. The third kappa shape index (κ3) is 6.18.